The molecule has 2 heterocycles. The van der Waals surface area contributed by atoms with Gasteiger partial charge in [-0.3, -0.25) is 0 Å². The number of likely N-dealkylation sites (tertiary alicyclic amines) is 1. The van der Waals surface area contributed by atoms with E-state index in [0.717, 1.165) is 5.56 Å². The van der Waals surface area contributed by atoms with Crippen LogP contribution in [0.3, 0.4) is 0 Å². The number of sulfonamides is 1. The second-order valence-corrected chi connectivity index (χ2v) is 10.4. The van der Waals surface area contributed by atoms with Crippen LogP contribution in [0.25, 0.3) is 0 Å². The van der Waals surface area contributed by atoms with Gasteiger partial charge in [0.05, 0.1) is 16.1 Å². The molecule has 1 aromatic heterocycles. The number of nitrogens with zero attached hydrogens (tertiary/aromatic N) is 1. The summed E-state index contributed by atoms with van der Waals surface area (Å²) in [6.07, 6.45) is 1.14. The number of thiophene rings is 1. The van der Waals surface area contributed by atoms with E-state index in [9.17, 15) is 13.2 Å². The maximum Gasteiger partial charge on any atom is 0.317 e. The quantitative estimate of drug-likeness (QED) is 0.697. The number of piperidine rings is 1. The van der Waals surface area contributed by atoms with E-state index in [0.29, 0.717) is 40.2 Å². The third-order valence-corrected chi connectivity index (χ3v) is 8.30. The Labute approximate surface area is 178 Å². The van der Waals surface area contributed by atoms with Crippen molar-refractivity contribution in [1.29, 1.82) is 0 Å². The molecule has 0 radical (unpaired) electrons. The molecule has 1 saturated heterocycles. The van der Waals surface area contributed by atoms with E-state index in [1.54, 1.807) is 34.5 Å². The van der Waals surface area contributed by atoms with Crippen LogP contribution in [0.1, 0.15) is 31.4 Å². The van der Waals surface area contributed by atoms with Gasteiger partial charge in [-0.05, 0) is 48.9 Å². The lowest BCUT2D eigenvalue weighted by atomic mass is 10.1. The second kappa shape index (κ2) is 9.00. The Kier molecular flexibility index (Phi) is 6.88. The van der Waals surface area contributed by atoms with Gasteiger partial charge < -0.3 is 10.2 Å². The van der Waals surface area contributed by atoms with Crippen molar-refractivity contribution < 1.29 is 13.2 Å². The van der Waals surface area contributed by atoms with E-state index >= 15 is 0 Å². The largest absolute Gasteiger partial charge is 0.331 e. The molecule has 10 heteroatoms. The first kappa shape index (κ1) is 21.4. The fourth-order valence-electron chi connectivity index (χ4n) is 3.04. The summed E-state index contributed by atoms with van der Waals surface area (Å²) in [5.74, 6) is 0. The third-order valence-electron chi connectivity index (χ3n) is 4.65. The minimum absolute atomic E-state index is 0.177. The molecule has 0 bridgehead atoms. The molecule has 2 N–H and O–H groups in total. The van der Waals surface area contributed by atoms with Crippen molar-refractivity contribution in [1.82, 2.24) is 14.9 Å². The van der Waals surface area contributed by atoms with Crippen molar-refractivity contribution in [3.05, 3.63) is 51.3 Å². The molecule has 28 heavy (non-hydrogen) atoms. The third kappa shape index (κ3) is 5.18. The Morgan fingerprint density at radius 3 is 2.54 bits per heavy atom. The highest BCUT2D eigenvalue weighted by Gasteiger charge is 2.27. The van der Waals surface area contributed by atoms with E-state index in [1.807, 2.05) is 13.0 Å². The Balaban J connectivity index is 1.51. The van der Waals surface area contributed by atoms with Crippen molar-refractivity contribution in [2.75, 3.05) is 13.1 Å². The van der Waals surface area contributed by atoms with Crippen LogP contribution >= 0.6 is 34.5 Å². The highest BCUT2D eigenvalue weighted by atomic mass is 35.5. The first-order valence-electron chi connectivity index (χ1n) is 8.82. The number of amides is 2. The van der Waals surface area contributed by atoms with Crippen LogP contribution in [0.15, 0.2) is 39.9 Å². The van der Waals surface area contributed by atoms with Gasteiger partial charge >= 0.3 is 6.03 Å². The summed E-state index contributed by atoms with van der Waals surface area (Å²) in [6.45, 7) is 2.84. The van der Waals surface area contributed by atoms with E-state index in [4.69, 9.17) is 23.2 Å². The predicted octanol–water partition coefficient (Wildman–Crippen LogP) is 4.27. The molecule has 0 aliphatic carbocycles. The Bertz CT molecular complexity index is 928. The Morgan fingerprint density at radius 2 is 1.93 bits per heavy atom. The zero-order chi connectivity index (χ0) is 20.3. The summed E-state index contributed by atoms with van der Waals surface area (Å²) >= 11 is 13.2. The Hall–Kier alpha value is -1.32. The van der Waals surface area contributed by atoms with Crippen LogP contribution in [-0.4, -0.2) is 38.5 Å². The molecular formula is C18H21Cl2N3O3S2. The molecule has 2 amide bonds. The lowest BCUT2D eigenvalue weighted by Gasteiger charge is -2.33. The number of hydrogen-bond acceptors (Lipinski definition) is 4. The second-order valence-electron chi connectivity index (χ2n) is 6.66. The molecule has 152 valence electrons. The summed E-state index contributed by atoms with van der Waals surface area (Å²) in [4.78, 5) is 14.2. The summed E-state index contributed by atoms with van der Waals surface area (Å²) in [7, 11) is -3.49. The van der Waals surface area contributed by atoms with Gasteiger partial charge in [0.2, 0.25) is 10.0 Å². The molecule has 1 unspecified atom stereocenters. The van der Waals surface area contributed by atoms with Gasteiger partial charge in [-0.15, -0.1) is 11.3 Å². The van der Waals surface area contributed by atoms with Crippen LogP contribution in [0, 0.1) is 0 Å². The average molecular weight is 462 g/mol. The van der Waals surface area contributed by atoms with E-state index in [1.165, 1.54) is 11.3 Å². The summed E-state index contributed by atoms with van der Waals surface area (Å²) < 4.78 is 27.7. The predicted molar refractivity (Wildman–Crippen MR) is 113 cm³/mol. The molecule has 0 spiro atoms. The standard InChI is InChI=1S/C18H21Cl2N3O3S2/c1-12(13-4-5-15(19)16(20)11-13)21-18(24)23-8-6-14(7-9-23)22-28(25,26)17-3-2-10-27-17/h2-5,10-12,14,22H,6-9H2,1H3,(H,21,24). The van der Waals surface area contributed by atoms with Gasteiger partial charge in [0.1, 0.15) is 4.21 Å². The normalized spacial score (nSPS) is 16.8. The molecule has 3 rings (SSSR count). The minimum atomic E-state index is -3.49. The van der Waals surface area contributed by atoms with Crippen molar-refractivity contribution in [3.63, 3.8) is 0 Å². The zero-order valence-corrected chi connectivity index (χ0v) is 18.3. The molecule has 1 aliphatic heterocycles. The smallest absolute Gasteiger partial charge is 0.317 e. The van der Waals surface area contributed by atoms with Crippen LogP contribution in [0.4, 0.5) is 4.79 Å². The lowest BCUT2D eigenvalue weighted by molar-refractivity contribution is 0.177. The van der Waals surface area contributed by atoms with Crippen molar-refractivity contribution in [2.24, 2.45) is 0 Å². The van der Waals surface area contributed by atoms with Crippen LogP contribution in [-0.2, 0) is 10.0 Å². The maximum atomic E-state index is 12.5. The van der Waals surface area contributed by atoms with E-state index in [-0.39, 0.29) is 18.1 Å². The van der Waals surface area contributed by atoms with Crippen LogP contribution < -0.4 is 10.0 Å². The lowest BCUT2D eigenvalue weighted by Crippen LogP contribution is -2.49. The maximum absolute atomic E-state index is 12.5. The first-order valence-corrected chi connectivity index (χ1v) is 11.9. The summed E-state index contributed by atoms with van der Waals surface area (Å²) in [6, 6.07) is 7.97. The number of carbonyl (C=O) groups is 1. The number of benzene rings is 1. The minimum Gasteiger partial charge on any atom is -0.331 e. The van der Waals surface area contributed by atoms with Gasteiger partial charge in [-0.1, -0.05) is 35.3 Å². The van der Waals surface area contributed by atoms with Gasteiger partial charge in [0, 0.05) is 19.1 Å². The van der Waals surface area contributed by atoms with Gasteiger partial charge in [0.25, 0.3) is 0 Å². The topological polar surface area (TPSA) is 78.5 Å². The number of rotatable bonds is 5. The van der Waals surface area contributed by atoms with Crippen molar-refractivity contribution in [2.45, 2.75) is 36.1 Å². The molecule has 1 atom stereocenters. The summed E-state index contributed by atoms with van der Waals surface area (Å²) in [5, 5.41) is 5.59. The van der Waals surface area contributed by atoms with E-state index in [2.05, 4.69) is 10.0 Å². The average Bonchev–Trinajstić information content (AvgIpc) is 3.20. The van der Waals surface area contributed by atoms with Crippen LogP contribution in [0.2, 0.25) is 10.0 Å². The molecule has 6 nitrogen and oxygen atoms in total. The number of nitrogens with one attached hydrogen (secondary N) is 2. The van der Waals surface area contributed by atoms with Gasteiger partial charge in [-0.2, -0.15) is 0 Å². The molecular weight excluding hydrogens is 441 g/mol. The number of hydrogen-bond donors (Lipinski definition) is 2. The fourth-order valence-corrected chi connectivity index (χ4v) is 5.66. The van der Waals surface area contributed by atoms with Crippen LogP contribution in [0.5, 0.6) is 0 Å². The monoisotopic (exact) mass is 461 g/mol. The van der Waals surface area contributed by atoms with E-state index < -0.39 is 10.0 Å². The van der Waals surface area contributed by atoms with Crippen molar-refractivity contribution >= 4 is 50.6 Å². The number of carbonyl (C=O) groups excluding carboxylic acids is 1. The molecule has 0 saturated carbocycles. The zero-order valence-electron chi connectivity index (χ0n) is 15.2. The molecule has 2 aromatic rings. The number of halogens is 2. The Morgan fingerprint density at radius 1 is 1.21 bits per heavy atom. The summed E-state index contributed by atoms with van der Waals surface area (Å²) in [5.41, 5.74) is 0.862. The molecule has 1 fully saturated rings. The number of urea groups is 1. The SMILES string of the molecule is CC(NC(=O)N1CCC(NS(=O)(=O)c2cccs2)CC1)c1ccc(Cl)c(Cl)c1. The fraction of sp³-hybridized carbons (Fsp3) is 0.389. The van der Waals surface area contributed by atoms with Crippen molar-refractivity contribution in [3.8, 4) is 0 Å². The van der Waals surface area contributed by atoms with Gasteiger partial charge in [-0.25, -0.2) is 17.9 Å². The van der Waals surface area contributed by atoms with Gasteiger partial charge in [0.15, 0.2) is 0 Å². The molecule has 1 aromatic carbocycles. The first-order chi connectivity index (χ1) is 13.3. The molecule has 1 aliphatic rings. The highest BCUT2D eigenvalue weighted by molar-refractivity contribution is 7.91. The highest BCUT2D eigenvalue weighted by Crippen LogP contribution is 2.26.